The summed E-state index contributed by atoms with van der Waals surface area (Å²) in [6, 6.07) is 18.5. The van der Waals surface area contributed by atoms with Crippen molar-refractivity contribution in [2.45, 2.75) is 0 Å². The van der Waals surface area contributed by atoms with E-state index in [2.05, 4.69) is 10.3 Å². The molecule has 1 N–H and O–H groups in total. The summed E-state index contributed by atoms with van der Waals surface area (Å²) in [6.07, 6.45) is 1.63. The predicted octanol–water partition coefficient (Wildman–Crippen LogP) is 5.73. The van der Waals surface area contributed by atoms with Gasteiger partial charge in [0.05, 0.1) is 17.1 Å². The molecule has 1 aliphatic heterocycles. The summed E-state index contributed by atoms with van der Waals surface area (Å²) < 4.78 is 27.4. The minimum Gasteiger partial charge on any atom is -0.323 e. The van der Waals surface area contributed by atoms with Gasteiger partial charge in [0.1, 0.15) is 17.3 Å². The van der Waals surface area contributed by atoms with Gasteiger partial charge in [0.2, 0.25) is 5.91 Å². The van der Waals surface area contributed by atoms with Gasteiger partial charge in [-0.2, -0.15) is 0 Å². The Morgan fingerprint density at radius 2 is 1.79 bits per heavy atom. The fourth-order valence-corrected chi connectivity index (χ4v) is 4.00. The standard InChI is InChI=1S/C24H16ClF2N3O2S/c25-16-6-11-20(19(27)13-16)28-22(31)14-33-24-29-21(12-15-4-2-1-3-5-15)23(32)30(24)18-9-7-17(26)8-10-18/h1-13H,14H2,(H,28,31). The number of carbonyl (C=O) groups excluding carboxylic acids is 2. The van der Waals surface area contributed by atoms with Crippen LogP contribution in [-0.2, 0) is 9.59 Å². The average Bonchev–Trinajstić information content (AvgIpc) is 3.10. The number of nitrogens with one attached hydrogen (secondary N) is 1. The van der Waals surface area contributed by atoms with Gasteiger partial charge < -0.3 is 5.32 Å². The molecule has 0 aromatic heterocycles. The van der Waals surface area contributed by atoms with Gasteiger partial charge in [-0.25, -0.2) is 13.8 Å². The predicted molar refractivity (Wildman–Crippen MR) is 128 cm³/mol. The lowest BCUT2D eigenvalue weighted by Gasteiger charge is -2.17. The molecule has 33 heavy (non-hydrogen) atoms. The molecule has 5 nitrogen and oxygen atoms in total. The molecular formula is C24H16ClF2N3O2S. The molecule has 1 heterocycles. The fraction of sp³-hybridized carbons (Fsp3) is 0.0417. The molecule has 9 heteroatoms. The zero-order valence-electron chi connectivity index (χ0n) is 17.0. The normalized spacial score (nSPS) is 14.5. The lowest BCUT2D eigenvalue weighted by Crippen LogP contribution is -2.31. The monoisotopic (exact) mass is 483 g/mol. The Kier molecular flexibility index (Phi) is 6.86. The first kappa shape index (κ1) is 22.7. The number of carbonyl (C=O) groups is 2. The highest BCUT2D eigenvalue weighted by atomic mass is 35.5. The Morgan fingerprint density at radius 3 is 2.48 bits per heavy atom. The van der Waals surface area contributed by atoms with Crippen molar-refractivity contribution in [1.29, 1.82) is 0 Å². The Labute approximate surface area is 197 Å². The highest BCUT2D eigenvalue weighted by Gasteiger charge is 2.32. The highest BCUT2D eigenvalue weighted by molar-refractivity contribution is 8.14. The molecule has 3 aromatic carbocycles. The van der Waals surface area contributed by atoms with Gasteiger partial charge in [-0.15, -0.1) is 0 Å². The van der Waals surface area contributed by atoms with Gasteiger partial charge in [0.15, 0.2) is 5.17 Å². The molecule has 0 atom stereocenters. The van der Waals surface area contributed by atoms with Crippen LogP contribution < -0.4 is 10.2 Å². The van der Waals surface area contributed by atoms with Crippen LogP contribution in [0.5, 0.6) is 0 Å². The van der Waals surface area contributed by atoms with Crippen LogP contribution in [0, 0.1) is 11.6 Å². The number of rotatable bonds is 5. The molecule has 0 saturated heterocycles. The third-order valence-corrected chi connectivity index (χ3v) is 5.73. The maximum atomic E-state index is 14.0. The number of thioether (sulfide) groups is 1. The van der Waals surface area contributed by atoms with Crippen LogP contribution in [0.4, 0.5) is 20.2 Å². The highest BCUT2D eigenvalue weighted by Crippen LogP contribution is 2.30. The minimum absolute atomic E-state index is 0.00510. The zero-order chi connectivity index (χ0) is 23.4. The SMILES string of the molecule is O=C(CSC1=NC(=Cc2ccccc2)C(=O)N1c1ccc(F)cc1)Nc1ccc(Cl)cc1F. The first-order valence-corrected chi connectivity index (χ1v) is 11.1. The third-order valence-electron chi connectivity index (χ3n) is 4.55. The lowest BCUT2D eigenvalue weighted by molar-refractivity contribution is -0.114. The Bertz CT molecular complexity index is 1260. The van der Waals surface area contributed by atoms with Gasteiger partial charge in [-0.05, 0) is 54.1 Å². The number of halogens is 3. The summed E-state index contributed by atoms with van der Waals surface area (Å²) in [7, 11) is 0. The minimum atomic E-state index is -0.657. The van der Waals surface area contributed by atoms with Gasteiger partial charge in [0, 0.05) is 5.02 Å². The van der Waals surface area contributed by atoms with Crippen molar-refractivity contribution in [2.75, 3.05) is 16.0 Å². The summed E-state index contributed by atoms with van der Waals surface area (Å²) in [6.45, 7) is 0. The number of benzene rings is 3. The lowest BCUT2D eigenvalue weighted by atomic mass is 10.2. The van der Waals surface area contributed by atoms with E-state index in [1.54, 1.807) is 6.08 Å². The molecule has 0 aliphatic carbocycles. The molecule has 0 spiro atoms. The van der Waals surface area contributed by atoms with E-state index in [-0.39, 0.29) is 27.3 Å². The second-order valence-corrected chi connectivity index (χ2v) is 8.29. The van der Waals surface area contributed by atoms with Crippen molar-refractivity contribution in [3.63, 3.8) is 0 Å². The van der Waals surface area contributed by atoms with Crippen LogP contribution in [0.15, 0.2) is 83.5 Å². The number of nitrogens with zero attached hydrogens (tertiary/aromatic N) is 2. The van der Waals surface area contributed by atoms with Crippen LogP contribution >= 0.6 is 23.4 Å². The number of hydrogen-bond donors (Lipinski definition) is 1. The quantitative estimate of drug-likeness (QED) is 0.471. The van der Waals surface area contributed by atoms with Crippen LogP contribution in [0.25, 0.3) is 6.08 Å². The molecule has 2 amide bonds. The van der Waals surface area contributed by atoms with E-state index in [1.165, 1.54) is 41.3 Å². The van der Waals surface area contributed by atoms with Crippen LogP contribution in [0.1, 0.15) is 5.56 Å². The summed E-state index contributed by atoms with van der Waals surface area (Å²) in [5, 5.41) is 2.93. The third kappa shape index (κ3) is 5.47. The molecule has 0 bridgehead atoms. The van der Waals surface area contributed by atoms with Gasteiger partial charge >= 0.3 is 0 Å². The second kappa shape index (κ2) is 9.97. The zero-order valence-corrected chi connectivity index (χ0v) is 18.5. The number of anilines is 2. The second-order valence-electron chi connectivity index (χ2n) is 6.91. The maximum absolute atomic E-state index is 14.0. The van der Waals surface area contributed by atoms with Gasteiger partial charge in [0.25, 0.3) is 5.91 Å². The van der Waals surface area contributed by atoms with E-state index in [4.69, 9.17) is 11.6 Å². The molecule has 3 aromatic rings. The summed E-state index contributed by atoms with van der Waals surface area (Å²) in [5.74, 6) is -2.13. The largest absolute Gasteiger partial charge is 0.323 e. The smallest absolute Gasteiger partial charge is 0.283 e. The summed E-state index contributed by atoms with van der Waals surface area (Å²) in [5.41, 5.74) is 1.37. The van der Waals surface area contributed by atoms with Crippen molar-refractivity contribution >= 4 is 57.8 Å². The van der Waals surface area contributed by atoms with E-state index in [9.17, 15) is 18.4 Å². The van der Waals surface area contributed by atoms with E-state index < -0.39 is 23.4 Å². The van der Waals surface area contributed by atoms with E-state index >= 15 is 0 Å². The van der Waals surface area contributed by atoms with Gasteiger partial charge in [-0.3, -0.25) is 14.5 Å². The van der Waals surface area contributed by atoms with Crippen LogP contribution in [0.3, 0.4) is 0 Å². The molecule has 0 unspecified atom stereocenters. The van der Waals surface area contributed by atoms with Crippen LogP contribution in [0.2, 0.25) is 5.02 Å². The van der Waals surface area contributed by atoms with Crippen molar-refractivity contribution < 1.29 is 18.4 Å². The first-order valence-electron chi connectivity index (χ1n) is 9.74. The number of amides is 2. The molecule has 0 saturated carbocycles. The van der Waals surface area contributed by atoms with E-state index in [0.29, 0.717) is 5.69 Å². The maximum Gasteiger partial charge on any atom is 0.283 e. The topological polar surface area (TPSA) is 61.8 Å². The molecule has 166 valence electrons. The molecular weight excluding hydrogens is 468 g/mol. The van der Waals surface area contributed by atoms with Crippen molar-refractivity contribution in [3.8, 4) is 0 Å². The Morgan fingerprint density at radius 1 is 1.06 bits per heavy atom. The average molecular weight is 484 g/mol. The van der Waals surface area contributed by atoms with E-state index in [1.807, 2.05) is 30.3 Å². The Hall–Kier alpha value is -3.49. The van der Waals surface area contributed by atoms with Crippen LogP contribution in [-0.4, -0.2) is 22.7 Å². The Balaban J connectivity index is 1.56. The first-order chi connectivity index (χ1) is 15.9. The number of amidine groups is 1. The molecule has 0 fully saturated rings. The molecule has 4 rings (SSSR count). The van der Waals surface area contributed by atoms with E-state index in [0.717, 1.165) is 23.4 Å². The summed E-state index contributed by atoms with van der Waals surface area (Å²) in [4.78, 5) is 31.2. The fourth-order valence-electron chi connectivity index (χ4n) is 3.03. The van der Waals surface area contributed by atoms with Crippen molar-refractivity contribution in [2.24, 2.45) is 4.99 Å². The van der Waals surface area contributed by atoms with Crippen molar-refractivity contribution in [1.82, 2.24) is 0 Å². The number of aliphatic imine (C=N–C) groups is 1. The van der Waals surface area contributed by atoms with Crippen molar-refractivity contribution in [3.05, 3.63) is 101 Å². The van der Waals surface area contributed by atoms with Gasteiger partial charge in [-0.1, -0.05) is 53.7 Å². The number of hydrogen-bond acceptors (Lipinski definition) is 4. The molecule has 1 aliphatic rings. The molecule has 0 radical (unpaired) electrons. The summed E-state index contributed by atoms with van der Waals surface area (Å²) >= 11 is 6.74.